The molecule has 16 heavy (non-hydrogen) atoms. The second-order valence-electron chi connectivity index (χ2n) is 3.69. The van der Waals surface area contributed by atoms with E-state index in [1.165, 1.54) is 0 Å². The van der Waals surface area contributed by atoms with Gasteiger partial charge >= 0.3 is 5.97 Å². The fraction of sp³-hybridized carbons (Fsp3) is 0.417. The van der Waals surface area contributed by atoms with E-state index in [1.807, 2.05) is 44.2 Å². The van der Waals surface area contributed by atoms with E-state index in [0.29, 0.717) is 6.42 Å². The number of benzene rings is 1. The Hall–Kier alpha value is -0.620. The maximum absolute atomic E-state index is 11.5. The summed E-state index contributed by atoms with van der Waals surface area (Å²) in [4.78, 5) is 11.5. The summed E-state index contributed by atoms with van der Waals surface area (Å²) in [5, 5.41) is 12.6. The Morgan fingerprint density at radius 1 is 1.50 bits per heavy atom. The number of carbonyl (C=O) groups is 1. The molecular formula is C12H16INO2. The maximum atomic E-state index is 11.5. The van der Waals surface area contributed by atoms with Crippen LogP contribution in [0.4, 0.5) is 0 Å². The van der Waals surface area contributed by atoms with Crippen LogP contribution in [0.2, 0.25) is 0 Å². The van der Waals surface area contributed by atoms with Gasteiger partial charge in [-0.2, -0.15) is 0 Å². The first kappa shape index (κ1) is 13.4. The number of carboxylic acid groups (broad SMARTS) is 1. The lowest BCUT2D eigenvalue weighted by atomic mass is 9.87. The van der Waals surface area contributed by atoms with E-state index in [0.717, 1.165) is 5.56 Å². The number of nitrogens with one attached hydrogen (secondary N) is 1. The second kappa shape index (κ2) is 5.63. The summed E-state index contributed by atoms with van der Waals surface area (Å²) in [6.07, 6.45) is 0.514. The molecule has 2 atom stereocenters. The smallest absolute Gasteiger partial charge is 0.328 e. The zero-order valence-corrected chi connectivity index (χ0v) is 11.6. The molecule has 0 aliphatic heterocycles. The maximum Gasteiger partial charge on any atom is 0.328 e. The van der Waals surface area contributed by atoms with E-state index in [1.54, 1.807) is 0 Å². The summed E-state index contributed by atoms with van der Waals surface area (Å²) in [6.45, 7) is 3.82. The first-order chi connectivity index (χ1) is 7.53. The zero-order chi connectivity index (χ0) is 12.2. The molecule has 0 bridgehead atoms. The molecule has 1 rings (SSSR count). The molecule has 2 N–H and O–H groups in total. The minimum absolute atomic E-state index is 0.0915. The SMILES string of the molecule is CCC(N[C@H](C)I)(C(=O)O)c1ccccc1. The normalized spacial score (nSPS) is 16.4. The number of hydrogen-bond acceptors (Lipinski definition) is 2. The van der Waals surface area contributed by atoms with Crippen molar-refractivity contribution in [3.05, 3.63) is 35.9 Å². The Kier molecular flexibility index (Phi) is 4.73. The van der Waals surface area contributed by atoms with Gasteiger partial charge in [0.05, 0.1) is 4.05 Å². The lowest BCUT2D eigenvalue weighted by Crippen LogP contribution is -2.50. The highest BCUT2D eigenvalue weighted by Crippen LogP contribution is 2.26. The van der Waals surface area contributed by atoms with Gasteiger partial charge in [0, 0.05) is 0 Å². The van der Waals surface area contributed by atoms with Gasteiger partial charge in [0.2, 0.25) is 0 Å². The summed E-state index contributed by atoms with van der Waals surface area (Å²) < 4.78 is 0.0915. The lowest BCUT2D eigenvalue weighted by Gasteiger charge is -2.31. The summed E-state index contributed by atoms with van der Waals surface area (Å²) in [7, 11) is 0. The average molecular weight is 333 g/mol. The van der Waals surface area contributed by atoms with Crippen LogP contribution in [0.1, 0.15) is 25.8 Å². The number of alkyl halides is 1. The Labute approximate surface area is 109 Å². The highest BCUT2D eigenvalue weighted by molar-refractivity contribution is 14.1. The molecule has 1 unspecified atom stereocenters. The Morgan fingerprint density at radius 3 is 2.44 bits per heavy atom. The fourth-order valence-corrected chi connectivity index (χ4v) is 2.32. The van der Waals surface area contributed by atoms with Crippen LogP contribution in [0.5, 0.6) is 0 Å². The van der Waals surface area contributed by atoms with E-state index >= 15 is 0 Å². The molecule has 0 amide bonds. The standard InChI is InChI=1S/C12H16INO2/c1-3-12(11(15)16,14-9(2)13)10-7-5-4-6-8-10/h4-9,14H,3H2,1-2H3,(H,15,16)/t9-,12?/m1/s1. The molecule has 0 radical (unpaired) electrons. The van der Waals surface area contributed by atoms with Gasteiger partial charge in [0.1, 0.15) is 5.54 Å². The minimum Gasteiger partial charge on any atom is -0.480 e. The van der Waals surface area contributed by atoms with Crippen molar-refractivity contribution in [2.75, 3.05) is 0 Å². The number of halogens is 1. The van der Waals surface area contributed by atoms with Crippen LogP contribution in [0, 0.1) is 0 Å². The molecule has 88 valence electrons. The molecule has 0 aromatic heterocycles. The number of rotatable bonds is 5. The van der Waals surface area contributed by atoms with Crippen LogP contribution in [0.25, 0.3) is 0 Å². The van der Waals surface area contributed by atoms with Crippen LogP contribution in [-0.2, 0) is 10.3 Å². The summed E-state index contributed by atoms with van der Waals surface area (Å²) in [5.41, 5.74) is -0.185. The Bertz CT molecular complexity index is 353. The molecule has 0 saturated carbocycles. The van der Waals surface area contributed by atoms with Gasteiger partial charge in [0.25, 0.3) is 0 Å². The van der Waals surface area contributed by atoms with Crippen LogP contribution >= 0.6 is 22.6 Å². The molecule has 0 heterocycles. The summed E-state index contributed by atoms with van der Waals surface area (Å²) in [5.74, 6) is -0.829. The summed E-state index contributed by atoms with van der Waals surface area (Å²) >= 11 is 2.18. The zero-order valence-electron chi connectivity index (χ0n) is 9.40. The highest BCUT2D eigenvalue weighted by atomic mass is 127. The van der Waals surface area contributed by atoms with E-state index in [9.17, 15) is 9.90 Å². The van der Waals surface area contributed by atoms with Gasteiger partial charge in [-0.15, -0.1) is 0 Å². The minimum atomic E-state index is -0.984. The van der Waals surface area contributed by atoms with Gasteiger partial charge < -0.3 is 5.11 Å². The second-order valence-corrected chi connectivity index (χ2v) is 5.56. The van der Waals surface area contributed by atoms with Crippen molar-refractivity contribution in [3.8, 4) is 0 Å². The lowest BCUT2D eigenvalue weighted by molar-refractivity contribution is -0.145. The number of aliphatic carboxylic acids is 1. The fourth-order valence-electron chi connectivity index (χ4n) is 1.79. The molecule has 0 aliphatic carbocycles. The van der Waals surface area contributed by atoms with Crippen LogP contribution in [0.3, 0.4) is 0 Å². The molecule has 3 nitrogen and oxygen atoms in total. The largest absolute Gasteiger partial charge is 0.480 e. The molecule has 4 heteroatoms. The average Bonchev–Trinajstić information content (AvgIpc) is 2.26. The number of carboxylic acids is 1. The van der Waals surface area contributed by atoms with Gasteiger partial charge in [-0.3, -0.25) is 5.32 Å². The first-order valence-electron chi connectivity index (χ1n) is 5.23. The van der Waals surface area contributed by atoms with E-state index < -0.39 is 11.5 Å². The Morgan fingerprint density at radius 2 is 2.06 bits per heavy atom. The predicted molar refractivity (Wildman–Crippen MR) is 72.7 cm³/mol. The molecule has 0 fully saturated rings. The van der Waals surface area contributed by atoms with Crippen molar-refractivity contribution in [2.45, 2.75) is 29.9 Å². The van der Waals surface area contributed by atoms with Gasteiger partial charge in [0.15, 0.2) is 0 Å². The number of hydrogen-bond donors (Lipinski definition) is 2. The molecule has 1 aromatic carbocycles. The van der Waals surface area contributed by atoms with E-state index in [-0.39, 0.29) is 4.05 Å². The van der Waals surface area contributed by atoms with Gasteiger partial charge in [-0.25, -0.2) is 4.79 Å². The Balaban J connectivity index is 3.18. The predicted octanol–water partition coefficient (Wildman–Crippen LogP) is 2.75. The third-order valence-electron chi connectivity index (χ3n) is 2.61. The third-order valence-corrected chi connectivity index (χ3v) is 2.92. The monoisotopic (exact) mass is 333 g/mol. The molecule has 1 aromatic rings. The van der Waals surface area contributed by atoms with Crippen LogP contribution < -0.4 is 5.32 Å². The van der Waals surface area contributed by atoms with E-state index in [2.05, 4.69) is 27.9 Å². The van der Waals surface area contributed by atoms with Crippen molar-refractivity contribution in [3.63, 3.8) is 0 Å². The third kappa shape index (κ3) is 2.74. The molecule has 0 saturated heterocycles. The van der Waals surface area contributed by atoms with Gasteiger partial charge in [-0.05, 0) is 18.9 Å². The van der Waals surface area contributed by atoms with Crippen LogP contribution in [-0.4, -0.2) is 15.1 Å². The summed E-state index contributed by atoms with van der Waals surface area (Å²) in [6, 6.07) is 9.32. The molecule has 0 spiro atoms. The van der Waals surface area contributed by atoms with E-state index in [4.69, 9.17) is 0 Å². The van der Waals surface area contributed by atoms with Crippen LogP contribution in [0.15, 0.2) is 30.3 Å². The van der Waals surface area contributed by atoms with Crippen molar-refractivity contribution in [2.24, 2.45) is 0 Å². The van der Waals surface area contributed by atoms with Crippen molar-refractivity contribution in [1.29, 1.82) is 0 Å². The molecular weight excluding hydrogens is 317 g/mol. The highest BCUT2D eigenvalue weighted by Gasteiger charge is 2.38. The van der Waals surface area contributed by atoms with Crippen molar-refractivity contribution >= 4 is 28.6 Å². The van der Waals surface area contributed by atoms with Crippen molar-refractivity contribution in [1.82, 2.24) is 5.32 Å². The topological polar surface area (TPSA) is 49.3 Å². The van der Waals surface area contributed by atoms with Gasteiger partial charge in [-0.1, -0.05) is 59.8 Å². The molecule has 0 aliphatic rings. The first-order valence-corrected chi connectivity index (χ1v) is 6.48. The van der Waals surface area contributed by atoms with Crippen molar-refractivity contribution < 1.29 is 9.90 Å². The quantitative estimate of drug-likeness (QED) is 0.495.